The second-order valence-electron chi connectivity index (χ2n) is 4.30. The molecule has 1 aliphatic carbocycles. The summed E-state index contributed by atoms with van der Waals surface area (Å²) < 4.78 is 11.0. The predicted molar refractivity (Wildman–Crippen MR) is 62.7 cm³/mol. The quantitative estimate of drug-likeness (QED) is 0.783. The third-order valence-corrected chi connectivity index (χ3v) is 4.62. The van der Waals surface area contributed by atoms with E-state index in [0.29, 0.717) is 5.92 Å². The van der Waals surface area contributed by atoms with Gasteiger partial charge in [0.2, 0.25) is 0 Å². The lowest BCUT2D eigenvalue weighted by Gasteiger charge is -2.27. The Morgan fingerprint density at radius 1 is 1.07 bits per heavy atom. The Bertz CT molecular complexity index is 329. The Balaban J connectivity index is 1.97. The van der Waals surface area contributed by atoms with Crippen LogP contribution in [0.1, 0.15) is 37.2 Å². The maximum Gasteiger partial charge on any atom is 0.192 e. The number of hydrogen-bond acceptors (Lipinski definition) is 1. The molecule has 1 aliphatic rings. The van der Waals surface area contributed by atoms with E-state index in [-0.39, 0.29) is 5.66 Å². The fourth-order valence-electron chi connectivity index (χ4n) is 2.40. The normalized spacial score (nSPS) is 28.6. The fourth-order valence-corrected chi connectivity index (χ4v) is 3.23. The second-order valence-corrected chi connectivity index (χ2v) is 5.79. The van der Waals surface area contributed by atoms with Crippen LogP contribution < -0.4 is 0 Å². The molecular weight excluding hydrogens is 207 g/mol. The van der Waals surface area contributed by atoms with Gasteiger partial charge in [0.25, 0.3) is 0 Å². The fraction of sp³-hybridized carbons (Fsp3) is 0.500. The van der Waals surface area contributed by atoms with E-state index in [1.807, 2.05) is 6.07 Å². The van der Waals surface area contributed by atoms with Crippen molar-refractivity contribution < 1.29 is 9.46 Å². The minimum Gasteiger partial charge on any atom is -0.346 e. The molecule has 2 rings (SSSR count). The molecule has 1 atom stereocenters. The van der Waals surface area contributed by atoms with E-state index in [1.54, 1.807) is 0 Å². The Morgan fingerprint density at radius 3 is 2.20 bits per heavy atom. The van der Waals surface area contributed by atoms with Crippen molar-refractivity contribution in [2.75, 3.05) is 0 Å². The average Bonchev–Trinajstić information content (AvgIpc) is 2.30. The molecular formula is C12H17O2P. The molecule has 1 N–H and O–H groups in total. The maximum absolute atomic E-state index is 11.0. The number of hydrogen-bond donors (Lipinski definition) is 1. The number of benzene rings is 1. The van der Waals surface area contributed by atoms with Gasteiger partial charge in [-0.25, -0.2) is 0 Å². The van der Waals surface area contributed by atoms with E-state index in [4.69, 9.17) is 4.89 Å². The Hall–Kier alpha value is -0.590. The monoisotopic (exact) mass is 224 g/mol. The van der Waals surface area contributed by atoms with Crippen molar-refractivity contribution in [2.45, 2.75) is 37.3 Å². The molecule has 1 fully saturated rings. The van der Waals surface area contributed by atoms with Gasteiger partial charge < -0.3 is 4.89 Å². The van der Waals surface area contributed by atoms with Crippen molar-refractivity contribution >= 4 is 8.03 Å². The van der Waals surface area contributed by atoms with E-state index in [9.17, 15) is 4.57 Å². The first kappa shape index (κ1) is 10.9. The van der Waals surface area contributed by atoms with Gasteiger partial charge in [-0.15, -0.1) is 0 Å². The van der Waals surface area contributed by atoms with E-state index in [2.05, 4.69) is 24.3 Å². The molecule has 0 aromatic heterocycles. The van der Waals surface area contributed by atoms with Crippen molar-refractivity contribution in [3.63, 3.8) is 0 Å². The SMILES string of the molecule is O=[PH](O)C1CCC(c2ccccc2)CC1. The molecule has 1 aromatic carbocycles. The minimum absolute atomic E-state index is 0.0787. The molecule has 0 heterocycles. The molecule has 0 aliphatic heterocycles. The molecule has 0 bridgehead atoms. The van der Waals surface area contributed by atoms with Crippen LogP contribution in [0.25, 0.3) is 0 Å². The summed E-state index contributed by atoms with van der Waals surface area (Å²) in [6.45, 7) is 0. The lowest BCUT2D eigenvalue weighted by molar-refractivity contribution is 0.412. The van der Waals surface area contributed by atoms with Crippen LogP contribution in [0.2, 0.25) is 0 Å². The topological polar surface area (TPSA) is 37.3 Å². The third-order valence-electron chi connectivity index (χ3n) is 3.35. The van der Waals surface area contributed by atoms with Crippen LogP contribution in [0, 0.1) is 0 Å². The smallest absolute Gasteiger partial charge is 0.192 e. The Labute approximate surface area is 91.2 Å². The molecule has 0 amide bonds. The van der Waals surface area contributed by atoms with Crippen LogP contribution in [0.4, 0.5) is 0 Å². The zero-order chi connectivity index (χ0) is 10.7. The van der Waals surface area contributed by atoms with Crippen LogP contribution in [-0.2, 0) is 4.57 Å². The largest absolute Gasteiger partial charge is 0.346 e. The molecule has 15 heavy (non-hydrogen) atoms. The van der Waals surface area contributed by atoms with Crippen molar-refractivity contribution in [3.8, 4) is 0 Å². The standard InChI is InChI=1S/C12H17O2P/c13-15(14)12-8-6-11(7-9-12)10-4-2-1-3-5-10/h1-5,11-12,15H,6-9H2,(H,13,14). The first-order chi connectivity index (χ1) is 7.27. The van der Waals surface area contributed by atoms with Gasteiger partial charge in [0.15, 0.2) is 8.03 Å². The van der Waals surface area contributed by atoms with Crippen LogP contribution in [0.5, 0.6) is 0 Å². The highest BCUT2D eigenvalue weighted by Gasteiger charge is 2.24. The molecule has 0 spiro atoms. The number of rotatable bonds is 2. The minimum atomic E-state index is -2.29. The summed E-state index contributed by atoms with van der Waals surface area (Å²) in [6.07, 6.45) is 3.94. The van der Waals surface area contributed by atoms with Gasteiger partial charge in [-0.1, -0.05) is 30.3 Å². The Kier molecular flexibility index (Phi) is 3.61. The van der Waals surface area contributed by atoms with E-state index >= 15 is 0 Å². The molecule has 0 radical (unpaired) electrons. The molecule has 0 saturated heterocycles. The van der Waals surface area contributed by atoms with E-state index in [1.165, 1.54) is 5.56 Å². The average molecular weight is 224 g/mol. The van der Waals surface area contributed by atoms with Gasteiger partial charge in [-0.05, 0) is 37.2 Å². The molecule has 1 unspecified atom stereocenters. The summed E-state index contributed by atoms with van der Waals surface area (Å²) in [5.41, 5.74) is 1.46. The van der Waals surface area contributed by atoms with Crippen molar-refractivity contribution in [2.24, 2.45) is 0 Å². The summed E-state index contributed by atoms with van der Waals surface area (Å²) in [7, 11) is -2.29. The highest BCUT2D eigenvalue weighted by atomic mass is 31.1. The predicted octanol–water partition coefficient (Wildman–Crippen LogP) is 3.18. The second kappa shape index (κ2) is 4.96. The van der Waals surface area contributed by atoms with Gasteiger partial charge in [0.05, 0.1) is 0 Å². The van der Waals surface area contributed by atoms with Crippen LogP contribution >= 0.6 is 8.03 Å². The summed E-state index contributed by atoms with van der Waals surface area (Å²) >= 11 is 0. The summed E-state index contributed by atoms with van der Waals surface area (Å²) in [6, 6.07) is 10.5. The van der Waals surface area contributed by atoms with Crippen molar-refractivity contribution in [1.82, 2.24) is 0 Å². The highest BCUT2D eigenvalue weighted by Crippen LogP contribution is 2.41. The third kappa shape index (κ3) is 2.70. The molecule has 1 saturated carbocycles. The lowest BCUT2D eigenvalue weighted by atomic mass is 9.84. The molecule has 1 aromatic rings. The molecule has 2 nitrogen and oxygen atoms in total. The van der Waals surface area contributed by atoms with Crippen molar-refractivity contribution in [1.29, 1.82) is 0 Å². The summed E-state index contributed by atoms with van der Waals surface area (Å²) in [4.78, 5) is 9.08. The van der Waals surface area contributed by atoms with Gasteiger partial charge in [-0.3, -0.25) is 4.57 Å². The molecule has 82 valence electrons. The lowest BCUT2D eigenvalue weighted by Crippen LogP contribution is -2.14. The van der Waals surface area contributed by atoms with Gasteiger partial charge in [0.1, 0.15) is 0 Å². The Morgan fingerprint density at radius 2 is 1.67 bits per heavy atom. The molecule has 3 heteroatoms. The first-order valence-electron chi connectivity index (χ1n) is 5.55. The van der Waals surface area contributed by atoms with Crippen LogP contribution in [0.3, 0.4) is 0 Å². The first-order valence-corrected chi connectivity index (χ1v) is 6.98. The maximum atomic E-state index is 11.0. The summed E-state index contributed by atoms with van der Waals surface area (Å²) in [5.74, 6) is 0.601. The van der Waals surface area contributed by atoms with Gasteiger partial charge in [-0.2, -0.15) is 0 Å². The zero-order valence-electron chi connectivity index (χ0n) is 8.73. The van der Waals surface area contributed by atoms with Gasteiger partial charge in [0, 0.05) is 5.66 Å². The summed E-state index contributed by atoms with van der Waals surface area (Å²) in [5, 5.41) is 0. The zero-order valence-corrected chi connectivity index (χ0v) is 9.73. The van der Waals surface area contributed by atoms with E-state index in [0.717, 1.165) is 25.7 Å². The van der Waals surface area contributed by atoms with E-state index < -0.39 is 8.03 Å². The van der Waals surface area contributed by atoms with Crippen LogP contribution in [-0.4, -0.2) is 10.6 Å². The van der Waals surface area contributed by atoms with Crippen molar-refractivity contribution in [3.05, 3.63) is 35.9 Å². The van der Waals surface area contributed by atoms with Crippen LogP contribution in [0.15, 0.2) is 30.3 Å². The van der Waals surface area contributed by atoms with Gasteiger partial charge >= 0.3 is 0 Å². The highest BCUT2D eigenvalue weighted by molar-refractivity contribution is 7.38.